The van der Waals surface area contributed by atoms with Crippen LogP contribution >= 0.6 is 0 Å². The minimum absolute atomic E-state index is 0.257. The van der Waals surface area contributed by atoms with E-state index < -0.39 is 0 Å². The van der Waals surface area contributed by atoms with Crippen LogP contribution in [0.15, 0.2) is 30.0 Å². The highest BCUT2D eigenvalue weighted by Crippen LogP contribution is 2.21. The fraction of sp³-hybridized carbons (Fsp3) is 0.417. The Morgan fingerprint density at radius 2 is 2.40 bits per heavy atom. The zero-order chi connectivity index (χ0) is 10.7. The number of anilines is 1. The molecule has 15 heavy (non-hydrogen) atoms. The Kier molecular flexibility index (Phi) is 3.02. The maximum atomic E-state index is 9.50. The van der Waals surface area contributed by atoms with Crippen LogP contribution in [0.2, 0.25) is 0 Å². The molecule has 1 aliphatic carbocycles. The van der Waals surface area contributed by atoms with Gasteiger partial charge in [-0.2, -0.15) is 0 Å². The van der Waals surface area contributed by atoms with Gasteiger partial charge in [-0.3, -0.25) is 0 Å². The molecule has 0 spiro atoms. The second-order valence-electron chi connectivity index (χ2n) is 4.05. The third-order valence-corrected chi connectivity index (χ3v) is 2.70. The molecule has 1 atom stereocenters. The number of hydrogen-bond donors (Lipinski definition) is 2. The molecule has 0 aliphatic heterocycles. The number of rotatable bonds is 2. The Labute approximate surface area is 89.6 Å². The van der Waals surface area contributed by atoms with Crippen LogP contribution in [0.5, 0.6) is 0 Å². The highest BCUT2D eigenvalue weighted by molar-refractivity contribution is 5.34. The van der Waals surface area contributed by atoms with Crippen molar-refractivity contribution in [2.45, 2.75) is 31.8 Å². The standard InChI is InChI=1S/C12H16N2O/c13-12-8-10(4-5-14-12)6-9-2-1-3-11(15)7-9/h4-5,7-8,11,15H,1-3,6H2,(H2,13,14). The molecule has 0 radical (unpaired) electrons. The van der Waals surface area contributed by atoms with Gasteiger partial charge in [0, 0.05) is 6.20 Å². The van der Waals surface area contributed by atoms with Crippen LogP contribution in [-0.2, 0) is 6.42 Å². The van der Waals surface area contributed by atoms with E-state index in [1.807, 2.05) is 18.2 Å². The lowest BCUT2D eigenvalue weighted by atomic mass is 9.93. The van der Waals surface area contributed by atoms with E-state index >= 15 is 0 Å². The molecule has 1 heterocycles. The molecule has 3 nitrogen and oxygen atoms in total. The molecule has 3 heteroatoms. The number of nitrogen functional groups attached to an aromatic ring is 1. The van der Waals surface area contributed by atoms with E-state index in [4.69, 9.17) is 5.73 Å². The SMILES string of the molecule is Nc1cc(CC2=CC(O)CCC2)ccn1. The lowest BCUT2D eigenvalue weighted by Gasteiger charge is -2.17. The van der Waals surface area contributed by atoms with Gasteiger partial charge < -0.3 is 10.8 Å². The molecular formula is C12H16N2O. The third-order valence-electron chi connectivity index (χ3n) is 2.70. The summed E-state index contributed by atoms with van der Waals surface area (Å²) >= 11 is 0. The Bertz CT molecular complexity index is 374. The summed E-state index contributed by atoms with van der Waals surface area (Å²) in [6.07, 6.45) is 7.37. The summed E-state index contributed by atoms with van der Waals surface area (Å²) in [7, 11) is 0. The monoisotopic (exact) mass is 204 g/mol. The molecule has 1 aliphatic rings. The quantitative estimate of drug-likeness (QED) is 0.720. The molecule has 0 fully saturated rings. The molecule has 80 valence electrons. The molecule has 1 aromatic rings. The summed E-state index contributed by atoms with van der Waals surface area (Å²) in [5.41, 5.74) is 8.09. The first-order valence-corrected chi connectivity index (χ1v) is 5.32. The zero-order valence-electron chi connectivity index (χ0n) is 8.69. The first kappa shape index (κ1) is 10.2. The molecule has 0 aromatic carbocycles. The van der Waals surface area contributed by atoms with Crippen molar-refractivity contribution in [1.82, 2.24) is 4.98 Å². The van der Waals surface area contributed by atoms with E-state index in [0.717, 1.165) is 25.7 Å². The van der Waals surface area contributed by atoms with E-state index in [9.17, 15) is 5.11 Å². The van der Waals surface area contributed by atoms with Gasteiger partial charge >= 0.3 is 0 Å². The van der Waals surface area contributed by atoms with Crippen molar-refractivity contribution in [3.63, 3.8) is 0 Å². The molecule has 1 unspecified atom stereocenters. The van der Waals surface area contributed by atoms with E-state index in [1.54, 1.807) is 6.20 Å². The number of nitrogens with zero attached hydrogens (tertiary/aromatic N) is 1. The highest BCUT2D eigenvalue weighted by atomic mass is 16.3. The second-order valence-corrected chi connectivity index (χ2v) is 4.05. The number of allylic oxidation sites excluding steroid dienone is 1. The summed E-state index contributed by atoms with van der Waals surface area (Å²) < 4.78 is 0. The van der Waals surface area contributed by atoms with Gasteiger partial charge in [-0.15, -0.1) is 0 Å². The smallest absolute Gasteiger partial charge is 0.123 e. The van der Waals surface area contributed by atoms with Crippen molar-refractivity contribution in [3.05, 3.63) is 35.5 Å². The summed E-state index contributed by atoms with van der Waals surface area (Å²) in [6.45, 7) is 0. The van der Waals surface area contributed by atoms with Gasteiger partial charge in [0.2, 0.25) is 0 Å². The first-order valence-electron chi connectivity index (χ1n) is 5.32. The minimum atomic E-state index is -0.257. The fourth-order valence-electron chi connectivity index (χ4n) is 1.99. The van der Waals surface area contributed by atoms with Gasteiger partial charge in [-0.05, 0) is 43.4 Å². The number of nitrogens with two attached hydrogens (primary N) is 1. The maximum absolute atomic E-state index is 9.50. The molecule has 0 saturated heterocycles. The third kappa shape index (κ3) is 2.80. The Hall–Kier alpha value is -1.35. The predicted octanol–water partition coefficient (Wildman–Crippen LogP) is 1.68. The van der Waals surface area contributed by atoms with Crippen molar-refractivity contribution in [2.75, 3.05) is 5.73 Å². The van der Waals surface area contributed by atoms with Gasteiger partial charge in [0.15, 0.2) is 0 Å². The molecule has 0 amide bonds. The Morgan fingerprint density at radius 1 is 1.53 bits per heavy atom. The molecule has 1 aromatic heterocycles. The maximum Gasteiger partial charge on any atom is 0.123 e. The number of hydrogen-bond acceptors (Lipinski definition) is 3. The fourth-order valence-corrected chi connectivity index (χ4v) is 1.99. The first-order chi connectivity index (χ1) is 7.24. The van der Waals surface area contributed by atoms with E-state index in [1.165, 1.54) is 11.1 Å². The highest BCUT2D eigenvalue weighted by Gasteiger charge is 2.11. The molecular weight excluding hydrogens is 188 g/mol. The van der Waals surface area contributed by atoms with Crippen LogP contribution in [0.1, 0.15) is 24.8 Å². The Morgan fingerprint density at radius 3 is 3.13 bits per heavy atom. The van der Waals surface area contributed by atoms with Gasteiger partial charge in [0.1, 0.15) is 5.82 Å². The average molecular weight is 204 g/mol. The molecule has 3 N–H and O–H groups in total. The van der Waals surface area contributed by atoms with Crippen LogP contribution in [0.3, 0.4) is 0 Å². The predicted molar refractivity (Wildman–Crippen MR) is 60.3 cm³/mol. The minimum Gasteiger partial charge on any atom is -0.389 e. The number of aliphatic hydroxyl groups is 1. The van der Waals surface area contributed by atoms with Gasteiger partial charge in [-0.1, -0.05) is 11.6 Å². The van der Waals surface area contributed by atoms with Crippen molar-refractivity contribution < 1.29 is 5.11 Å². The van der Waals surface area contributed by atoms with Crippen molar-refractivity contribution in [2.24, 2.45) is 0 Å². The normalized spacial score (nSPS) is 21.1. The molecule has 0 bridgehead atoms. The van der Waals surface area contributed by atoms with Crippen molar-refractivity contribution in [3.8, 4) is 0 Å². The zero-order valence-corrected chi connectivity index (χ0v) is 8.69. The summed E-state index contributed by atoms with van der Waals surface area (Å²) in [6, 6.07) is 3.86. The number of aromatic nitrogens is 1. The molecule has 2 rings (SSSR count). The van der Waals surface area contributed by atoms with Gasteiger partial charge in [0.25, 0.3) is 0 Å². The average Bonchev–Trinajstić information content (AvgIpc) is 2.17. The van der Waals surface area contributed by atoms with Crippen LogP contribution in [0.4, 0.5) is 5.82 Å². The van der Waals surface area contributed by atoms with Crippen molar-refractivity contribution >= 4 is 5.82 Å². The summed E-state index contributed by atoms with van der Waals surface area (Å²) in [5, 5.41) is 9.50. The topological polar surface area (TPSA) is 59.1 Å². The van der Waals surface area contributed by atoms with E-state index in [-0.39, 0.29) is 6.10 Å². The number of aliphatic hydroxyl groups excluding tert-OH is 1. The lowest BCUT2D eigenvalue weighted by Crippen LogP contribution is -2.10. The lowest BCUT2D eigenvalue weighted by molar-refractivity contribution is 0.202. The van der Waals surface area contributed by atoms with E-state index in [0.29, 0.717) is 5.82 Å². The van der Waals surface area contributed by atoms with Crippen LogP contribution in [0, 0.1) is 0 Å². The number of pyridine rings is 1. The van der Waals surface area contributed by atoms with Crippen LogP contribution < -0.4 is 5.73 Å². The van der Waals surface area contributed by atoms with Gasteiger partial charge in [0.05, 0.1) is 6.10 Å². The van der Waals surface area contributed by atoms with Crippen LogP contribution in [-0.4, -0.2) is 16.2 Å². The van der Waals surface area contributed by atoms with Crippen LogP contribution in [0.25, 0.3) is 0 Å². The second kappa shape index (κ2) is 4.45. The molecule has 0 saturated carbocycles. The van der Waals surface area contributed by atoms with Gasteiger partial charge in [-0.25, -0.2) is 4.98 Å². The Balaban J connectivity index is 2.08. The summed E-state index contributed by atoms with van der Waals surface area (Å²) in [4.78, 5) is 3.96. The van der Waals surface area contributed by atoms with Crippen molar-refractivity contribution in [1.29, 1.82) is 0 Å². The van der Waals surface area contributed by atoms with E-state index in [2.05, 4.69) is 4.98 Å². The largest absolute Gasteiger partial charge is 0.389 e. The summed E-state index contributed by atoms with van der Waals surface area (Å²) in [5.74, 6) is 0.560.